The first-order chi connectivity index (χ1) is 11.6. The van der Waals surface area contributed by atoms with Gasteiger partial charge >= 0.3 is 0 Å². The summed E-state index contributed by atoms with van der Waals surface area (Å²) >= 11 is 0. The van der Waals surface area contributed by atoms with E-state index in [2.05, 4.69) is 0 Å². The third-order valence-electron chi connectivity index (χ3n) is 4.84. The number of carbonyl (C=O) groups excluding carboxylic acids is 3. The van der Waals surface area contributed by atoms with Crippen molar-refractivity contribution >= 4 is 17.7 Å². The first-order valence-corrected chi connectivity index (χ1v) is 8.36. The highest BCUT2D eigenvalue weighted by Crippen LogP contribution is 2.35. The standard InChI is InChI=1S/C19H22N2O3/c1-20(13-14-7-3-2-4-8-14)17(22)11-12-21-18(23)15-9-5-6-10-16(15)19(21)24/h2-8,15-16H,9-13H2,1H3/t15-,16-/m1/s1. The molecule has 0 spiro atoms. The van der Waals surface area contributed by atoms with Crippen molar-refractivity contribution in [2.24, 2.45) is 11.8 Å². The van der Waals surface area contributed by atoms with Crippen molar-refractivity contribution in [1.29, 1.82) is 0 Å². The molecule has 1 heterocycles. The summed E-state index contributed by atoms with van der Waals surface area (Å²) in [4.78, 5) is 40.0. The van der Waals surface area contributed by atoms with Gasteiger partial charge in [-0.25, -0.2) is 0 Å². The second-order valence-electron chi connectivity index (χ2n) is 6.47. The number of nitrogens with zero attached hydrogens (tertiary/aromatic N) is 2. The van der Waals surface area contributed by atoms with Gasteiger partial charge in [0.1, 0.15) is 0 Å². The maximum atomic E-state index is 12.4. The van der Waals surface area contributed by atoms with Gasteiger partial charge in [-0.1, -0.05) is 42.5 Å². The largest absolute Gasteiger partial charge is 0.341 e. The fourth-order valence-electron chi connectivity index (χ4n) is 3.43. The van der Waals surface area contributed by atoms with Crippen LogP contribution in [0.3, 0.4) is 0 Å². The number of rotatable bonds is 5. The number of fused-ring (bicyclic) bond motifs is 1. The molecule has 0 radical (unpaired) electrons. The Labute approximate surface area is 141 Å². The topological polar surface area (TPSA) is 57.7 Å². The highest BCUT2D eigenvalue weighted by atomic mass is 16.2. The van der Waals surface area contributed by atoms with Crippen molar-refractivity contribution in [1.82, 2.24) is 9.80 Å². The predicted molar refractivity (Wildman–Crippen MR) is 89.6 cm³/mol. The molecule has 0 N–H and O–H groups in total. The van der Waals surface area contributed by atoms with Crippen LogP contribution in [-0.2, 0) is 20.9 Å². The summed E-state index contributed by atoms with van der Waals surface area (Å²) in [7, 11) is 1.74. The molecule has 5 nitrogen and oxygen atoms in total. The van der Waals surface area contributed by atoms with Gasteiger partial charge in [-0.2, -0.15) is 0 Å². The van der Waals surface area contributed by atoms with E-state index in [1.165, 1.54) is 4.90 Å². The Morgan fingerprint density at radius 2 is 1.67 bits per heavy atom. The van der Waals surface area contributed by atoms with E-state index in [0.717, 1.165) is 5.56 Å². The van der Waals surface area contributed by atoms with E-state index in [4.69, 9.17) is 0 Å². The molecule has 1 fully saturated rings. The second kappa shape index (κ2) is 6.99. The van der Waals surface area contributed by atoms with E-state index in [0.29, 0.717) is 19.4 Å². The number of carbonyl (C=O) groups is 3. The monoisotopic (exact) mass is 326 g/mol. The molecule has 1 aliphatic carbocycles. The molecule has 1 aromatic rings. The van der Waals surface area contributed by atoms with Gasteiger partial charge < -0.3 is 4.90 Å². The number of imide groups is 1. The number of likely N-dealkylation sites (tertiary alicyclic amines) is 1. The molecule has 5 heteroatoms. The molecular formula is C19H22N2O3. The zero-order valence-corrected chi connectivity index (χ0v) is 13.9. The van der Waals surface area contributed by atoms with Crippen molar-refractivity contribution in [2.45, 2.75) is 25.8 Å². The maximum absolute atomic E-state index is 12.4. The van der Waals surface area contributed by atoms with E-state index >= 15 is 0 Å². The molecule has 24 heavy (non-hydrogen) atoms. The Hall–Kier alpha value is -2.43. The molecule has 2 aliphatic rings. The van der Waals surface area contributed by atoms with Crippen LogP contribution in [0.4, 0.5) is 0 Å². The normalized spacial score (nSPS) is 22.6. The summed E-state index contributed by atoms with van der Waals surface area (Å²) in [5.74, 6) is -0.743. The zero-order valence-electron chi connectivity index (χ0n) is 13.9. The van der Waals surface area contributed by atoms with Gasteiger partial charge in [0.2, 0.25) is 17.7 Å². The van der Waals surface area contributed by atoms with Crippen LogP contribution < -0.4 is 0 Å². The number of amides is 3. The van der Waals surface area contributed by atoms with Gasteiger partial charge in [0.15, 0.2) is 0 Å². The lowest BCUT2D eigenvalue weighted by molar-refractivity contribution is -0.140. The van der Waals surface area contributed by atoms with Crippen molar-refractivity contribution in [3.63, 3.8) is 0 Å². The minimum Gasteiger partial charge on any atom is -0.341 e. The van der Waals surface area contributed by atoms with Crippen molar-refractivity contribution in [3.8, 4) is 0 Å². The Morgan fingerprint density at radius 1 is 1.08 bits per heavy atom. The minimum absolute atomic E-state index is 0.0625. The van der Waals surface area contributed by atoms with Crippen molar-refractivity contribution in [2.75, 3.05) is 13.6 Å². The molecule has 0 bridgehead atoms. The molecule has 0 aromatic heterocycles. The quantitative estimate of drug-likeness (QED) is 0.614. The van der Waals surface area contributed by atoms with Crippen LogP contribution in [0.25, 0.3) is 0 Å². The number of hydrogen-bond donors (Lipinski definition) is 0. The lowest BCUT2D eigenvalue weighted by Crippen LogP contribution is -2.36. The highest BCUT2D eigenvalue weighted by molar-refractivity contribution is 6.05. The van der Waals surface area contributed by atoms with Gasteiger partial charge in [-0.05, 0) is 18.4 Å². The highest BCUT2D eigenvalue weighted by Gasteiger charge is 2.46. The Balaban J connectivity index is 1.54. The maximum Gasteiger partial charge on any atom is 0.233 e. The smallest absolute Gasteiger partial charge is 0.233 e. The summed E-state index contributed by atoms with van der Waals surface area (Å²) in [6.07, 6.45) is 5.37. The fraction of sp³-hybridized carbons (Fsp3) is 0.421. The lowest BCUT2D eigenvalue weighted by Gasteiger charge is -2.20. The first-order valence-electron chi connectivity index (χ1n) is 8.36. The van der Waals surface area contributed by atoms with Crippen LogP contribution in [0.1, 0.15) is 24.8 Å². The van der Waals surface area contributed by atoms with Gasteiger partial charge in [0.25, 0.3) is 0 Å². The summed E-state index contributed by atoms with van der Waals surface area (Å²) in [5, 5.41) is 0. The molecular weight excluding hydrogens is 304 g/mol. The van der Waals surface area contributed by atoms with Gasteiger partial charge in [-0.15, -0.1) is 0 Å². The van der Waals surface area contributed by atoms with Crippen molar-refractivity contribution in [3.05, 3.63) is 48.0 Å². The molecule has 1 aliphatic heterocycles. The summed E-state index contributed by atoms with van der Waals surface area (Å²) < 4.78 is 0. The van der Waals surface area contributed by atoms with E-state index in [1.54, 1.807) is 11.9 Å². The summed E-state index contributed by atoms with van der Waals surface area (Å²) in [6, 6.07) is 9.74. The molecule has 3 amide bonds. The van der Waals surface area contributed by atoms with Crippen molar-refractivity contribution < 1.29 is 14.4 Å². The third-order valence-corrected chi connectivity index (χ3v) is 4.84. The van der Waals surface area contributed by atoms with Crippen LogP contribution in [0, 0.1) is 11.8 Å². The zero-order chi connectivity index (χ0) is 17.1. The van der Waals surface area contributed by atoms with E-state index in [1.807, 2.05) is 42.5 Å². The third kappa shape index (κ3) is 3.25. The minimum atomic E-state index is -0.223. The fourth-order valence-corrected chi connectivity index (χ4v) is 3.43. The predicted octanol–water partition coefficient (Wildman–Crippen LogP) is 1.99. The van der Waals surface area contributed by atoms with Crippen LogP contribution in [-0.4, -0.2) is 41.1 Å². The average molecular weight is 326 g/mol. The van der Waals surface area contributed by atoms with Gasteiger partial charge in [0, 0.05) is 26.6 Å². The van der Waals surface area contributed by atoms with Gasteiger partial charge in [0.05, 0.1) is 11.8 Å². The van der Waals surface area contributed by atoms with E-state index in [-0.39, 0.29) is 42.5 Å². The summed E-state index contributed by atoms with van der Waals surface area (Å²) in [6.45, 7) is 0.708. The molecule has 0 unspecified atom stereocenters. The summed E-state index contributed by atoms with van der Waals surface area (Å²) in [5.41, 5.74) is 1.05. The van der Waals surface area contributed by atoms with E-state index in [9.17, 15) is 14.4 Å². The molecule has 2 atom stereocenters. The van der Waals surface area contributed by atoms with Crippen LogP contribution >= 0.6 is 0 Å². The van der Waals surface area contributed by atoms with Crippen LogP contribution in [0.15, 0.2) is 42.5 Å². The molecule has 1 aromatic carbocycles. The van der Waals surface area contributed by atoms with E-state index < -0.39 is 0 Å². The Morgan fingerprint density at radius 3 is 2.25 bits per heavy atom. The SMILES string of the molecule is CN(Cc1ccccc1)C(=O)CCN1C(=O)[C@@H]2CC=CC[C@H]2C1=O. The molecule has 1 saturated heterocycles. The lowest BCUT2D eigenvalue weighted by atomic mass is 9.85. The second-order valence-corrected chi connectivity index (χ2v) is 6.47. The number of hydrogen-bond acceptors (Lipinski definition) is 3. The number of benzene rings is 1. The average Bonchev–Trinajstić information content (AvgIpc) is 2.85. The molecule has 3 rings (SSSR count). The Kier molecular flexibility index (Phi) is 4.79. The number of allylic oxidation sites excluding steroid dienone is 2. The first kappa shape index (κ1) is 16.4. The Bertz CT molecular complexity index is 642. The van der Waals surface area contributed by atoms with Crippen LogP contribution in [0.2, 0.25) is 0 Å². The molecule has 126 valence electrons. The van der Waals surface area contributed by atoms with Crippen LogP contribution in [0.5, 0.6) is 0 Å². The van der Waals surface area contributed by atoms with Gasteiger partial charge in [-0.3, -0.25) is 19.3 Å². The molecule has 0 saturated carbocycles.